The number of ether oxygens (including phenoxy) is 1. The first kappa shape index (κ1) is 11.0. The summed E-state index contributed by atoms with van der Waals surface area (Å²) in [6, 6.07) is 0. The molecule has 1 heterocycles. The first-order valence-corrected chi connectivity index (χ1v) is 5.30. The summed E-state index contributed by atoms with van der Waals surface area (Å²) in [6.07, 6.45) is 1.95. The maximum absolute atomic E-state index is 5.79. The van der Waals surface area contributed by atoms with E-state index in [1.165, 1.54) is 0 Å². The summed E-state index contributed by atoms with van der Waals surface area (Å²) in [7, 11) is 0. The van der Waals surface area contributed by atoms with Gasteiger partial charge in [-0.3, -0.25) is 4.90 Å². The number of rotatable bonds is 0. The van der Waals surface area contributed by atoms with Crippen LogP contribution in [0.25, 0.3) is 0 Å². The summed E-state index contributed by atoms with van der Waals surface area (Å²) in [5.74, 6) is 0. The summed E-state index contributed by atoms with van der Waals surface area (Å²) in [6.45, 7) is 13.4. The Morgan fingerprint density at radius 1 is 1.15 bits per heavy atom. The minimum atomic E-state index is 0.279. The number of nitrogens with zero attached hydrogens (tertiary/aromatic N) is 1. The molecule has 2 atom stereocenters. The van der Waals surface area contributed by atoms with Crippen molar-refractivity contribution in [2.45, 2.75) is 58.8 Å². The lowest BCUT2D eigenvalue weighted by atomic mass is 10.1. The highest BCUT2D eigenvalue weighted by Crippen LogP contribution is 2.19. The third kappa shape index (κ3) is 3.28. The first-order chi connectivity index (χ1) is 5.89. The minimum Gasteiger partial charge on any atom is -0.374 e. The quantitative estimate of drug-likeness (QED) is 0.574. The second kappa shape index (κ2) is 3.97. The van der Waals surface area contributed by atoms with E-state index >= 15 is 0 Å². The van der Waals surface area contributed by atoms with Gasteiger partial charge in [0.1, 0.15) is 0 Å². The minimum absolute atomic E-state index is 0.279. The molecule has 0 radical (unpaired) electrons. The molecule has 1 rings (SSSR count). The Hall–Kier alpha value is -0.0800. The van der Waals surface area contributed by atoms with Crippen LogP contribution in [0.5, 0.6) is 0 Å². The van der Waals surface area contributed by atoms with Gasteiger partial charge in [0.25, 0.3) is 0 Å². The largest absolute Gasteiger partial charge is 0.374 e. The van der Waals surface area contributed by atoms with Gasteiger partial charge in [0, 0.05) is 18.6 Å². The van der Waals surface area contributed by atoms with Crippen molar-refractivity contribution >= 4 is 0 Å². The fourth-order valence-corrected chi connectivity index (χ4v) is 1.86. The molecule has 0 bridgehead atoms. The second-order valence-electron chi connectivity index (χ2n) is 5.16. The van der Waals surface area contributed by atoms with Crippen LogP contribution in [0.15, 0.2) is 0 Å². The van der Waals surface area contributed by atoms with E-state index in [0.717, 1.165) is 19.5 Å². The molecule has 13 heavy (non-hydrogen) atoms. The van der Waals surface area contributed by atoms with E-state index in [2.05, 4.69) is 39.5 Å². The molecule has 0 aromatic heterocycles. The van der Waals surface area contributed by atoms with Crippen LogP contribution in [0, 0.1) is 0 Å². The van der Waals surface area contributed by atoms with Crippen LogP contribution >= 0.6 is 0 Å². The van der Waals surface area contributed by atoms with Crippen molar-refractivity contribution in [1.82, 2.24) is 4.90 Å². The predicted molar refractivity (Wildman–Crippen MR) is 56.0 cm³/mol. The van der Waals surface area contributed by atoms with Crippen LogP contribution in [0.4, 0.5) is 0 Å². The van der Waals surface area contributed by atoms with Crippen molar-refractivity contribution in [3.63, 3.8) is 0 Å². The lowest BCUT2D eigenvalue weighted by Gasteiger charge is -2.35. The summed E-state index contributed by atoms with van der Waals surface area (Å²) in [5.41, 5.74) is 0.279. The molecular weight excluding hydrogens is 162 g/mol. The fraction of sp³-hybridized carbons (Fsp3) is 1.00. The molecule has 1 aliphatic heterocycles. The second-order valence-corrected chi connectivity index (χ2v) is 5.16. The summed E-state index contributed by atoms with van der Waals surface area (Å²) in [4.78, 5) is 2.52. The molecule has 0 spiro atoms. The Bertz CT molecular complexity index is 162. The Balaban J connectivity index is 2.58. The number of hydrogen-bond acceptors (Lipinski definition) is 2. The molecule has 78 valence electrons. The lowest BCUT2D eigenvalue weighted by Crippen LogP contribution is -2.44. The highest BCUT2D eigenvalue weighted by atomic mass is 16.5. The van der Waals surface area contributed by atoms with Gasteiger partial charge in [-0.1, -0.05) is 0 Å². The summed E-state index contributed by atoms with van der Waals surface area (Å²) >= 11 is 0. The molecule has 0 aromatic carbocycles. The van der Waals surface area contributed by atoms with Gasteiger partial charge in [-0.15, -0.1) is 0 Å². The molecule has 2 heteroatoms. The monoisotopic (exact) mass is 185 g/mol. The summed E-state index contributed by atoms with van der Waals surface area (Å²) < 4.78 is 5.79. The molecule has 0 N–H and O–H groups in total. The van der Waals surface area contributed by atoms with Crippen LogP contribution in [-0.2, 0) is 4.74 Å². The zero-order valence-corrected chi connectivity index (χ0v) is 9.63. The third-order valence-electron chi connectivity index (χ3n) is 2.70. The van der Waals surface area contributed by atoms with Crippen molar-refractivity contribution in [1.29, 1.82) is 0 Å². The maximum atomic E-state index is 5.79. The summed E-state index contributed by atoms with van der Waals surface area (Å²) in [5, 5.41) is 0. The van der Waals surface area contributed by atoms with Crippen LogP contribution in [0.2, 0.25) is 0 Å². The average molecular weight is 185 g/mol. The molecular formula is C11H23NO. The predicted octanol–water partition coefficient (Wildman–Crippen LogP) is 2.28. The van der Waals surface area contributed by atoms with Gasteiger partial charge < -0.3 is 4.74 Å². The zero-order chi connectivity index (χ0) is 10.1. The van der Waals surface area contributed by atoms with Crippen LogP contribution < -0.4 is 0 Å². The fourth-order valence-electron chi connectivity index (χ4n) is 1.86. The van der Waals surface area contributed by atoms with E-state index in [9.17, 15) is 0 Å². The van der Waals surface area contributed by atoms with Crippen molar-refractivity contribution in [2.75, 3.05) is 13.1 Å². The smallest absolute Gasteiger partial charge is 0.0677 e. The highest BCUT2D eigenvalue weighted by molar-refractivity contribution is 4.80. The molecule has 0 aromatic rings. The van der Waals surface area contributed by atoms with E-state index in [1.807, 2.05) is 0 Å². The van der Waals surface area contributed by atoms with Crippen molar-refractivity contribution in [3.8, 4) is 0 Å². The third-order valence-corrected chi connectivity index (χ3v) is 2.70. The first-order valence-electron chi connectivity index (χ1n) is 5.30. The SMILES string of the molecule is C[C@@H]1CCN(C(C)(C)C)C[C@@H](C)O1. The molecule has 1 saturated heterocycles. The van der Waals surface area contributed by atoms with Gasteiger partial charge in [-0.25, -0.2) is 0 Å². The molecule has 0 amide bonds. The average Bonchev–Trinajstić information content (AvgIpc) is 2.09. The van der Waals surface area contributed by atoms with E-state index in [4.69, 9.17) is 4.74 Å². The standard InChI is InChI=1S/C11H23NO/c1-9-6-7-12(11(3,4)5)8-10(2)13-9/h9-10H,6-8H2,1-5H3/t9-,10-/m1/s1. The Labute approximate surface area is 82.3 Å². The normalized spacial score (nSPS) is 33.0. The molecule has 0 aliphatic carbocycles. The van der Waals surface area contributed by atoms with Crippen molar-refractivity contribution in [2.24, 2.45) is 0 Å². The van der Waals surface area contributed by atoms with Gasteiger partial charge in [0.05, 0.1) is 12.2 Å². The molecule has 0 unspecified atom stereocenters. The van der Waals surface area contributed by atoms with E-state index in [0.29, 0.717) is 12.2 Å². The molecule has 0 saturated carbocycles. The van der Waals surface area contributed by atoms with Gasteiger partial charge in [0.15, 0.2) is 0 Å². The van der Waals surface area contributed by atoms with E-state index in [1.54, 1.807) is 0 Å². The lowest BCUT2D eigenvalue weighted by molar-refractivity contribution is 0.00753. The Kier molecular flexibility index (Phi) is 3.36. The topological polar surface area (TPSA) is 12.5 Å². The molecule has 2 nitrogen and oxygen atoms in total. The van der Waals surface area contributed by atoms with E-state index < -0.39 is 0 Å². The highest BCUT2D eigenvalue weighted by Gasteiger charge is 2.26. The van der Waals surface area contributed by atoms with Gasteiger partial charge in [-0.2, -0.15) is 0 Å². The van der Waals surface area contributed by atoms with Crippen molar-refractivity contribution in [3.05, 3.63) is 0 Å². The van der Waals surface area contributed by atoms with Gasteiger partial charge >= 0.3 is 0 Å². The van der Waals surface area contributed by atoms with Crippen LogP contribution in [0.1, 0.15) is 41.0 Å². The van der Waals surface area contributed by atoms with E-state index in [-0.39, 0.29) is 5.54 Å². The Morgan fingerprint density at radius 2 is 1.77 bits per heavy atom. The van der Waals surface area contributed by atoms with Gasteiger partial charge in [0.2, 0.25) is 0 Å². The van der Waals surface area contributed by atoms with Crippen LogP contribution in [-0.4, -0.2) is 35.7 Å². The van der Waals surface area contributed by atoms with Crippen LogP contribution in [0.3, 0.4) is 0 Å². The van der Waals surface area contributed by atoms with Crippen molar-refractivity contribution < 1.29 is 4.74 Å². The Morgan fingerprint density at radius 3 is 2.31 bits per heavy atom. The zero-order valence-electron chi connectivity index (χ0n) is 9.63. The molecule has 1 aliphatic rings. The molecule has 1 fully saturated rings. The maximum Gasteiger partial charge on any atom is 0.0677 e. The number of hydrogen-bond donors (Lipinski definition) is 0. The van der Waals surface area contributed by atoms with Gasteiger partial charge in [-0.05, 0) is 41.0 Å².